The molecule has 1 aromatic carbocycles. The summed E-state index contributed by atoms with van der Waals surface area (Å²) in [6.45, 7) is 1.36. The number of ether oxygens (including phenoxy) is 2. The molecule has 0 fully saturated rings. The van der Waals surface area contributed by atoms with Crippen LogP contribution in [0.4, 0.5) is 0 Å². The van der Waals surface area contributed by atoms with Gasteiger partial charge in [-0.2, -0.15) is 0 Å². The van der Waals surface area contributed by atoms with Crippen molar-refractivity contribution in [2.24, 2.45) is 0 Å². The van der Waals surface area contributed by atoms with Gasteiger partial charge in [-0.25, -0.2) is 0 Å². The van der Waals surface area contributed by atoms with E-state index in [9.17, 15) is 4.79 Å². The fraction of sp³-hybridized carbons (Fsp3) is 0.533. The van der Waals surface area contributed by atoms with Crippen LogP contribution in [0.25, 0.3) is 0 Å². The maximum atomic E-state index is 11.6. The summed E-state index contributed by atoms with van der Waals surface area (Å²) in [5.41, 5.74) is 1.10. The van der Waals surface area contributed by atoms with E-state index in [1.54, 1.807) is 26.1 Å². The number of hydrogen-bond acceptors (Lipinski definition) is 4. The number of nitrogens with zero attached hydrogens (tertiary/aromatic N) is 1. The van der Waals surface area contributed by atoms with Crippen LogP contribution < -0.4 is 14.8 Å². The predicted molar refractivity (Wildman–Crippen MR) is 77.2 cm³/mol. The molecule has 0 aromatic heterocycles. The second-order valence-corrected chi connectivity index (χ2v) is 5.09. The Morgan fingerprint density at radius 2 is 2.30 bits per heavy atom. The molecule has 5 nitrogen and oxygen atoms in total. The summed E-state index contributed by atoms with van der Waals surface area (Å²) < 4.78 is 10.9. The zero-order valence-electron chi connectivity index (χ0n) is 12.3. The minimum atomic E-state index is 0.135. The van der Waals surface area contributed by atoms with Gasteiger partial charge in [-0.1, -0.05) is 0 Å². The lowest BCUT2D eigenvalue weighted by molar-refractivity contribution is -0.128. The molecule has 0 saturated carbocycles. The Labute approximate surface area is 119 Å². The van der Waals surface area contributed by atoms with Gasteiger partial charge < -0.3 is 19.7 Å². The van der Waals surface area contributed by atoms with Crippen molar-refractivity contribution in [1.29, 1.82) is 0 Å². The maximum absolute atomic E-state index is 11.6. The molecule has 2 rings (SSSR count). The highest BCUT2D eigenvalue weighted by Crippen LogP contribution is 2.34. The summed E-state index contributed by atoms with van der Waals surface area (Å²) >= 11 is 0. The smallest absolute Gasteiger partial charge is 0.223 e. The third-order valence-electron chi connectivity index (χ3n) is 3.48. The summed E-state index contributed by atoms with van der Waals surface area (Å²) in [6, 6.07) is 6.05. The molecule has 0 spiro atoms. The molecule has 1 aliphatic heterocycles. The third kappa shape index (κ3) is 3.42. The molecule has 110 valence electrons. The van der Waals surface area contributed by atoms with Gasteiger partial charge in [0.2, 0.25) is 5.91 Å². The number of hydrogen-bond donors (Lipinski definition) is 1. The van der Waals surface area contributed by atoms with Crippen molar-refractivity contribution in [3.05, 3.63) is 23.8 Å². The largest absolute Gasteiger partial charge is 0.497 e. The highest BCUT2D eigenvalue weighted by atomic mass is 16.5. The first-order chi connectivity index (χ1) is 9.61. The lowest BCUT2D eigenvalue weighted by atomic mass is 10.00. The third-order valence-corrected chi connectivity index (χ3v) is 3.48. The van der Waals surface area contributed by atoms with Crippen molar-refractivity contribution in [3.63, 3.8) is 0 Å². The van der Waals surface area contributed by atoms with Gasteiger partial charge in [0, 0.05) is 45.1 Å². The van der Waals surface area contributed by atoms with E-state index >= 15 is 0 Å². The zero-order chi connectivity index (χ0) is 14.5. The maximum Gasteiger partial charge on any atom is 0.223 e. The van der Waals surface area contributed by atoms with Crippen LogP contribution in [0.3, 0.4) is 0 Å². The van der Waals surface area contributed by atoms with E-state index in [0.717, 1.165) is 23.5 Å². The van der Waals surface area contributed by atoms with Gasteiger partial charge in [0.15, 0.2) is 0 Å². The number of carbonyl (C=O) groups excluding carboxylic acids is 1. The van der Waals surface area contributed by atoms with E-state index in [1.165, 1.54) is 0 Å². The SMILES string of the molecule is COc1ccc2c(c1)C(NCCC(=O)N(C)C)CCO2. The first kappa shape index (κ1) is 14.7. The number of nitrogens with one attached hydrogen (secondary N) is 1. The van der Waals surface area contributed by atoms with Gasteiger partial charge in [0.05, 0.1) is 13.7 Å². The molecule has 0 aliphatic carbocycles. The Balaban J connectivity index is 1.99. The number of amides is 1. The average molecular weight is 278 g/mol. The van der Waals surface area contributed by atoms with Gasteiger partial charge in [-0.05, 0) is 18.2 Å². The quantitative estimate of drug-likeness (QED) is 0.888. The first-order valence-corrected chi connectivity index (χ1v) is 6.86. The van der Waals surface area contributed by atoms with Crippen molar-refractivity contribution in [3.8, 4) is 11.5 Å². The molecular weight excluding hydrogens is 256 g/mol. The Kier molecular flexibility index (Phi) is 4.84. The van der Waals surface area contributed by atoms with E-state index in [0.29, 0.717) is 19.6 Å². The fourth-order valence-corrected chi connectivity index (χ4v) is 2.29. The van der Waals surface area contributed by atoms with Gasteiger partial charge in [0.25, 0.3) is 0 Å². The summed E-state index contributed by atoms with van der Waals surface area (Å²) in [6.07, 6.45) is 1.40. The lowest BCUT2D eigenvalue weighted by Gasteiger charge is -2.27. The van der Waals surface area contributed by atoms with Crippen LogP contribution in [0.2, 0.25) is 0 Å². The van der Waals surface area contributed by atoms with Gasteiger partial charge >= 0.3 is 0 Å². The van der Waals surface area contributed by atoms with Crippen LogP contribution in [0, 0.1) is 0 Å². The van der Waals surface area contributed by atoms with Crippen molar-refractivity contribution < 1.29 is 14.3 Å². The van der Waals surface area contributed by atoms with Crippen molar-refractivity contribution in [2.45, 2.75) is 18.9 Å². The normalized spacial score (nSPS) is 17.1. The summed E-state index contributed by atoms with van der Waals surface area (Å²) in [4.78, 5) is 13.2. The predicted octanol–water partition coefficient (Wildman–Crippen LogP) is 1.59. The Hall–Kier alpha value is -1.75. The Morgan fingerprint density at radius 3 is 3.00 bits per heavy atom. The van der Waals surface area contributed by atoms with E-state index in [1.807, 2.05) is 18.2 Å². The molecule has 1 heterocycles. The van der Waals surface area contributed by atoms with E-state index in [2.05, 4.69) is 5.32 Å². The van der Waals surface area contributed by atoms with E-state index < -0.39 is 0 Å². The Morgan fingerprint density at radius 1 is 1.50 bits per heavy atom. The number of carbonyl (C=O) groups is 1. The van der Waals surface area contributed by atoms with Crippen molar-refractivity contribution in [1.82, 2.24) is 10.2 Å². The molecule has 1 atom stereocenters. The van der Waals surface area contributed by atoms with Crippen LogP contribution in [-0.2, 0) is 4.79 Å². The van der Waals surface area contributed by atoms with Crippen LogP contribution >= 0.6 is 0 Å². The molecule has 1 amide bonds. The van der Waals surface area contributed by atoms with Gasteiger partial charge in [-0.15, -0.1) is 0 Å². The topological polar surface area (TPSA) is 50.8 Å². The number of fused-ring (bicyclic) bond motifs is 1. The Bertz CT molecular complexity index is 474. The van der Waals surface area contributed by atoms with Crippen molar-refractivity contribution >= 4 is 5.91 Å². The number of methoxy groups -OCH3 is 1. The molecule has 0 bridgehead atoms. The first-order valence-electron chi connectivity index (χ1n) is 6.86. The molecule has 1 aromatic rings. The van der Waals surface area contributed by atoms with Crippen LogP contribution in [-0.4, -0.2) is 45.2 Å². The highest BCUT2D eigenvalue weighted by Gasteiger charge is 2.21. The molecule has 0 saturated heterocycles. The van der Waals surface area contributed by atoms with E-state index in [-0.39, 0.29) is 11.9 Å². The monoisotopic (exact) mass is 278 g/mol. The second-order valence-electron chi connectivity index (χ2n) is 5.09. The molecule has 1 N–H and O–H groups in total. The summed E-state index contributed by atoms with van der Waals surface area (Å²) in [5.74, 6) is 1.86. The number of rotatable bonds is 5. The molecule has 20 heavy (non-hydrogen) atoms. The molecule has 5 heteroatoms. The minimum Gasteiger partial charge on any atom is -0.497 e. The summed E-state index contributed by atoms with van der Waals surface area (Å²) in [5, 5.41) is 3.43. The molecular formula is C15H22N2O3. The van der Waals surface area contributed by atoms with Crippen LogP contribution in [0.5, 0.6) is 11.5 Å². The second kappa shape index (κ2) is 6.61. The lowest BCUT2D eigenvalue weighted by Crippen LogP contribution is -2.31. The highest BCUT2D eigenvalue weighted by molar-refractivity contribution is 5.75. The fourth-order valence-electron chi connectivity index (χ4n) is 2.29. The standard InChI is InChI=1S/C15H22N2O3/c1-17(2)15(18)6-8-16-13-7-9-20-14-5-4-11(19-3)10-12(13)14/h4-5,10,13,16H,6-9H2,1-3H3. The minimum absolute atomic E-state index is 0.135. The van der Waals surface area contributed by atoms with Crippen molar-refractivity contribution in [2.75, 3.05) is 34.4 Å². The number of benzene rings is 1. The van der Waals surface area contributed by atoms with E-state index in [4.69, 9.17) is 9.47 Å². The molecule has 1 aliphatic rings. The summed E-state index contributed by atoms with van der Waals surface area (Å²) in [7, 11) is 5.21. The van der Waals surface area contributed by atoms with Crippen LogP contribution in [0.1, 0.15) is 24.4 Å². The molecule has 1 unspecified atom stereocenters. The average Bonchev–Trinajstić information content (AvgIpc) is 2.46. The van der Waals surface area contributed by atoms with Gasteiger partial charge in [-0.3, -0.25) is 4.79 Å². The molecule has 0 radical (unpaired) electrons. The zero-order valence-corrected chi connectivity index (χ0v) is 12.3. The van der Waals surface area contributed by atoms with Crippen LogP contribution in [0.15, 0.2) is 18.2 Å². The van der Waals surface area contributed by atoms with Gasteiger partial charge in [0.1, 0.15) is 11.5 Å².